The molecule has 8 rings (SSSR count). The summed E-state index contributed by atoms with van der Waals surface area (Å²) in [5, 5.41) is 9.72. The zero-order valence-corrected chi connectivity index (χ0v) is 26.3. The molecule has 47 heavy (non-hydrogen) atoms. The second kappa shape index (κ2) is 13.1. The van der Waals surface area contributed by atoms with Crippen molar-refractivity contribution in [2.24, 2.45) is 0 Å². The van der Waals surface area contributed by atoms with Gasteiger partial charge in [-0.15, -0.1) is 0 Å². The van der Waals surface area contributed by atoms with Gasteiger partial charge in [-0.05, 0) is 99.9 Å². The van der Waals surface area contributed by atoms with E-state index >= 15 is 0 Å². The summed E-state index contributed by atoms with van der Waals surface area (Å²) in [5.74, 6) is 0.923. The molecule has 6 heterocycles. The quantitative estimate of drug-likeness (QED) is 0.160. The molecule has 10 heteroatoms. The number of hydrogen-bond donors (Lipinski definition) is 2. The maximum absolute atomic E-state index is 14.8. The number of benzene rings is 2. The van der Waals surface area contributed by atoms with E-state index in [1.54, 1.807) is 12.4 Å². The molecule has 4 aromatic heterocycles. The molecule has 9 nitrogen and oxygen atoms in total. The van der Waals surface area contributed by atoms with Gasteiger partial charge in [0.15, 0.2) is 0 Å². The average Bonchev–Trinajstić information content (AvgIpc) is 3.91. The molecule has 240 valence electrons. The van der Waals surface area contributed by atoms with Crippen LogP contribution in [0.2, 0.25) is 0 Å². The number of nitrogens with one attached hydrogen (secondary N) is 2. The second-order valence-corrected chi connectivity index (χ2v) is 12.5. The highest BCUT2D eigenvalue weighted by Crippen LogP contribution is 2.36. The van der Waals surface area contributed by atoms with Crippen molar-refractivity contribution >= 4 is 21.8 Å². The zero-order valence-electron chi connectivity index (χ0n) is 26.3. The Morgan fingerprint density at radius 3 is 2.19 bits per heavy atom. The van der Waals surface area contributed by atoms with Gasteiger partial charge in [0, 0.05) is 59.0 Å². The van der Waals surface area contributed by atoms with Gasteiger partial charge in [-0.3, -0.25) is 24.9 Å². The van der Waals surface area contributed by atoms with Gasteiger partial charge in [-0.25, -0.2) is 4.39 Å². The summed E-state index contributed by atoms with van der Waals surface area (Å²) in [4.78, 5) is 17.5. The minimum absolute atomic E-state index is 0.352. The van der Waals surface area contributed by atoms with Crippen molar-refractivity contribution in [3.05, 3.63) is 79.0 Å². The van der Waals surface area contributed by atoms with Gasteiger partial charge in [0.1, 0.15) is 36.2 Å². The SMILES string of the molecule is Fc1cc(OCCN2CCCC2)cc(-c2nccc3[nH]c(-c4n[nH]c5ccc(-c6cncc(OCCN7CCCC7)c6)cc45)cc23)c1. The average molecular weight is 632 g/mol. The summed E-state index contributed by atoms with van der Waals surface area (Å²) in [6, 6.07) is 17.1. The summed E-state index contributed by atoms with van der Waals surface area (Å²) in [7, 11) is 0. The fourth-order valence-corrected chi connectivity index (χ4v) is 6.85. The van der Waals surface area contributed by atoms with Crippen LogP contribution in [-0.2, 0) is 0 Å². The highest BCUT2D eigenvalue weighted by Gasteiger charge is 2.17. The molecule has 0 bridgehead atoms. The number of pyridine rings is 2. The summed E-state index contributed by atoms with van der Waals surface area (Å²) >= 11 is 0. The van der Waals surface area contributed by atoms with E-state index in [0.29, 0.717) is 30.2 Å². The predicted octanol–water partition coefficient (Wildman–Crippen LogP) is 6.92. The number of ether oxygens (including phenoxy) is 2. The van der Waals surface area contributed by atoms with E-state index in [4.69, 9.17) is 9.47 Å². The minimum Gasteiger partial charge on any atom is -0.492 e. The fourth-order valence-electron chi connectivity index (χ4n) is 6.85. The van der Waals surface area contributed by atoms with Crippen LogP contribution in [0.5, 0.6) is 11.5 Å². The molecule has 2 aliphatic heterocycles. The smallest absolute Gasteiger partial charge is 0.138 e. The first-order valence-corrected chi connectivity index (χ1v) is 16.6. The third kappa shape index (κ3) is 6.43. The first kappa shape index (κ1) is 29.6. The van der Waals surface area contributed by atoms with E-state index in [9.17, 15) is 4.39 Å². The second-order valence-electron chi connectivity index (χ2n) is 12.5. The molecule has 2 fully saturated rings. The minimum atomic E-state index is -0.352. The monoisotopic (exact) mass is 631 g/mol. The molecule has 0 atom stereocenters. The van der Waals surface area contributed by atoms with Crippen LogP contribution in [0.3, 0.4) is 0 Å². The molecule has 0 saturated carbocycles. The maximum atomic E-state index is 14.8. The molecule has 2 aromatic carbocycles. The Hall–Kier alpha value is -4.80. The van der Waals surface area contributed by atoms with Gasteiger partial charge in [-0.1, -0.05) is 6.07 Å². The summed E-state index contributed by atoms with van der Waals surface area (Å²) in [6.07, 6.45) is 10.4. The van der Waals surface area contributed by atoms with E-state index in [-0.39, 0.29) is 5.82 Å². The Bertz CT molecular complexity index is 2010. The molecular formula is C37H38FN7O2. The van der Waals surface area contributed by atoms with Crippen LogP contribution in [-0.4, -0.2) is 87.4 Å². The topological polar surface area (TPSA) is 95.2 Å². The van der Waals surface area contributed by atoms with Crippen LogP contribution in [0.4, 0.5) is 4.39 Å². The van der Waals surface area contributed by atoms with Crippen molar-refractivity contribution < 1.29 is 13.9 Å². The lowest BCUT2D eigenvalue weighted by Crippen LogP contribution is -2.25. The number of H-pyrrole nitrogens is 2. The van der Waals surface area contributed by atoms with Gasteiger partial charge in [0.05, 0.1) is 23.1 Å². The van der Waals surface area contributed by atoms with E-state index in [2.05, 4.69) is 47.1 Å². The number of halogens is 1. The number of rotatable bonds is 11. The molecule has 0 amide bonds. The summed E-state index contributed by atoms with van der Waals surface area (Å²) in [5.41, 5.74) is 6.80. The van der Waals surface area contributed by atoms with Crippen LogP contribution in [0.1, 0.15) is 25.7 Å². The van der Waals surface area contributed by atoms with Crippen molar-refractivity contribution in [1.82, 2.24) is 34.9 Å². The van der Waals surface area contributed by atoms with Crippen LogP contribution in [0, 0.1) is 5.82 Å². The summed E-state index contributed by atoms with van der Waals surface area (Å²) < 4.78 is 26.9. The van der Waals surface area contributed by atoms with Crippen molar-refractivity contribution in [2.75, 3.05) is 52.5 Å². The number of aromatic nitrogens is 5. The number of likely N-dealkylation sites (tertiary alicyclic amines) is 2. The van der Waals surface area contributed by atoms with Crippen molar-refractivity contribution in [3.63, 3.8) is 0 Å². The Balaban J connectivity index is 1.05. The normalized spacial score (nSPS) is 15.7. The van der Waals surface area contributed by atoms with Gasteiger partial charge in [0.2, 0.25) is 0 Å². The summed E-state index contributed by atoms with van der Waals surface area (Å²) in [6.45, 7) is 7.46. The van der Waals surface area contributed by atoms with Crippen molar-refractivity contribution in [3.8, 4) is 45.3 Å². The lowest BCUT2D eigenvalue weighted by molar-refractivity contribution is 0.237. The number of fused-ring (bicyclic) bond motifs is 2. The lowest BCUT2D eigenvalue weighted by Gasteiger charge is -2.15. The highest BCUT2D eigenvalue weighted by molar-refractivity contribution is 6.01. The Labute approximate surface area is 272 Å². The largest absolute Gasteiger partial charge is 0.492 e. The number of hydrogen-bond acceptors (Lipinski definition) is 7. The predicted molar refractivity (Wildman–Crippen MR) is 182 cm³/mol. The molecular weight excluding hydrogens is 593 g/mol. The maximum Gasteiger partial charge on any atom is 0.138 e. The van der Waals surface area contributed by atoms with Crippen LogP contribution in [0.15, 0.2) is 73.2 Å². The van der Waals surface area contributed by atoms with Crippen LogP contribution >= 0.6 is 0 Å². The van der Waals surface area contributed by atoms with Crippen molar-refractivity contribution in [2.45, 2.75) is 25.7 Å². The Kier molecular flexibility index (Phi) is 8.27. The van der Waals surface area contributed by atoms with Gasteiger partial charge in [-0.2, -0.15) is 5.10 Å². The van der Waals surface area contributed by atoms with E-state index in [1.165, 1.54) is 37.8 Å². The third-order valence-corrected chi connectivity index (χ3v) is 9.31. The van der Waals surface area contributed by atoms with Gasteiger partial charge >= 0.3 is 0 Å². The number of aromatic amines is 2. The third-order valence-electron chi connectivity index (χ3n) is 9.31. The first-order valence-electron chi connectivity index (χ1n) is 16.6. The lowest BCUT2D eigenvalue weighted by atomic mass is 10.0. The standard InChI is InChI=1S/C37H38FN7O2/c38-28-17-26(18-29(21-28)46-15-13-44-9-1-2-10-44)36-32-22-35(41-33(32)7-8-40-36)37-31-20-25(5-6-34(31)42-43-37)27-19-30(24-39-23-27)47-16-14-45-11-3-4-12-45/h5-8,17-24,41H,1-4,9-16H2,(H,42,43). The molecule has 0 radical (unpaired) electrons. The number of nitrogens with zero attached hydrogens (tertiary/aromatic N) is 5. The molecule has 2 saturated heterocycles. The fraction of sp³-hybridized carbons (Fsp3) is 0.324. The molecule has 2 N–H and O–H groups in total. The van der Waals surface area contributed by atoms with Crippen LogP contribution in [0.25, 0.3) is 55.6 Å². The molecule has 0 aliphatic carbocycles. The first-order chi connectivity index (χ1) is 23.2. The highest BCUT2D eigenvalue weighted by atomic mass is 19.1. The Morgan fingerprint density at radius 2 is 1.40 bits per heavy atom. The molecule has 6 aromatic rings. The molecule has 0 spiro atoms. The van der Waals surface area contributed by atoms with Crippen molar-refractivity contribution in [1.29, 1.82) is 0 Å². The van der Waals surface area contributed by atoms with E-state index in [1.807, 2.05) is 36.5 Å². The van der Waals surface area contributed by atoms with Gasteiger partial charge in [0.25, 0.3) is 0 Å². The van der Waals surface area contributed by atoms with E-state index in [0.717, 1.165) is 89.3 Å². The van der Waals surface area contributed by atoms with Crippen LogP contribution < -0.4 is 9.47 Å². The van der Waals surface area contributed by atoms with E-state index < -0.39 is 0 Å². The molecule has 2 aliphatic rings. The zero-order chi connectivity index (χ0) is 31.6. The van der Waals surface area contributed by atoms with Gasteiger partial charge < -0.3 is 14.5 Å². The Morgan fingerprint density at radius 1 is 0.681 bits per heavy atom. The molecule has 0 unspecified atom stereocenters.